The molecule has 2 N–H and O–H groups in total. The number of urea groups is 1. The molecule has 6 nitrogen and oxygen atoms in total. The number of methoxy groups -OCH3 is 1. The zero-order chi connectivity index (χ0) is 22.9. The number of nitrogens with zero attached hydrogens (tertiary/aromatic N) is 1. The van der Waals surface area contributed by atoms with Crippen LogP contribution in [0, 0.1) is 5.92 Å². The summed E-state index contributed by atoms with van der Waals surface area (Å²) >= 11 is 1.61. The molecule has 2 unspecified atom stereocenters. The highest BCUT2D eigenvalue weighted by molar-refractivity contribution is 8.00. The van der Waals surface area contributed by atoms with Crippen molar-refractivity contribution in [2.45, 2.75) is 82.9 Å². The van der Waals surface area contributed by atoms with Gasteiger partial charge in [0.05, 0.1) is 23.8 Å². The molecule has 3 atom stereocenters. The van der Waals surface area contributed by atoms with E-state index in [1.54, 1.807) is 18.9 Å². The fraction of sp³-hybridized carbons (Fsp3) is 0.680. The SMILES string of the molecule is COCc1ccc([C@@H](C)NC(=O)CSC2C(C)CNC(=O)N2C2CCCCCCC2)cc1. The molecule has 0 radical (unpaired) electrons. The van der Waals surface area contributed by atoms with E-state index in [9.17, 15) is 9.59 Å². The molecule has 7 heteroatoms. The molecule has 32 heavy (non-hydrogen) atoms. The summed E-state index contributed by atoms with van der Waals surface area (Å²) in [5.41, 5.74) is 2.19. The highest BCUT2D eigenvalue weighted by atomic mass is 32.2. The van der Waals surface area contributed by atoms with E-state index >= 15 is 0 Å². The standard InChI is InChI=1S/C25H39N3O3S/c1-18-15-26-25(30)28(22-9-7-5-4-6-8-10-22)24(18)32-17-23(29)27-19(2)21-13-11-20(12-14-21)16-31-3/h11-14,18-19,22,24H,4-10,15-17H2,1-3H3,(H,26,30)(H,27,29)/t18?,19-,24?/m1/s1. The average molecular weight is 462 g/mol. The monoisotopic (exact) mass is 461 g/mol. The van der Waals surface area contributed by atoms with Crippen LogP contribution in [0.5, 0.6) is 0 Å². The van der Waals surface area contributed by atoms with Crippen molar-refractivity contribution >= 4 is 23.7 Å². The topological polar surface area (TPSA) is 70.7 Å². The molecule has 1 aliphatic heterocycles. The first-order valence-electron chi connectivity index (χ1n) is 12.0. The van der Waals surface area contributed by atoms with Gasteiger partial charge in [0.2, 0.25) is 5.91 Å². The molecule has 1 saturated carbocycles. The Labute approximate surface area is 197 Å². The normalized spacial score (nSPS) is 23.7. The zero-order valence-corrected chi connectivity index (χ0v) is 20.6. The molecular formula is C25H39N3O3S. The Kier molecular flexibility index (Phi) is 9.72. The summed E-state index contributed by atoms with van der Waals surface area (Å²) in [6.45, 7) is 5.44. The third-order valence-corrected chi connectivity index (χ3v) is 8.05. The number of hydrogen-bond acceptors (Lipinski definition) is 4. The van der Waals surface area contributed by atoms with Gasteiger partial charge >= 0.3 is 6.03 Å². The molecule has 1 aliphatic carbocycles. The maximum atomic E-state index is 12.8. The second-order valence-electron chi connectivity index (χ2n) is 9.23. The molecule has 3 rings (SSSR count). The number of benzene rings is 1. The minimum absolute atomic E-state index is 0.0132. The second kappa shape index (κ2) is 12.5. The van der Waals surface area contributed by atoms with E-state index in [0.717, 1.165) is 24.0 Å². The van der Waals surface area contributed by atoms with Crippen LogP contribution in [0.15, 0.2) is 24.3 Å². The first-order valence-corrected chi connectivity index (χ1v) is 13.1. The summed E-state index contributed by atoms with van der Waals surface area (Å²) in [6.07, 6.45) is 8.32. The van der Waals surface area contributed by atoms with Gasteiger partial charge in [0.15, 0.2) is 0 Å². The molecule has 1 heterocycles. The highest BCUT2D eigenvalue weighted by Crippen LogP contribution is 2.32. The van der Waals surface area contributed by atoms with Crippen molar-refractivity contribution in [2.24, 2.45) is 5.92 Å². The lowest BCUT2D eigenvalue weighted by molar-refractivity contribution is -0.119. The van der Waals surface area contributed by atoms with Crippen LogP contribution in [0.4, 0.5) is 4.79 Å². The van der Waals surface area contributed by atoms with Gasteiger partial charge < -0.3 is 20.3 Å². The smallest absolute Gasteiger partial charge is 0.318 e. The third-order valence-electron chi connectivity index (χ3n) is 6.59. The van der Waals surface area contributed by atoms with Gasteiger partial charge in [-0.1, -0.05) is 63.3 Å². The summed E-state index contributed by atoms with van der Waals surface area (Å²) in [5.74, 6) is 0.679. The van der Waals surface area contributed by atoms with E-state index in [0.29, 0.717) is 24.8 Å². The summed E-state index contributed by atoms with van der Waals surface area (Å²) in [5, 5.41) is 6.22. The zero-order valence-electron chi connectivity index (χ0n) is 19.8. The van der Waals surface area contributed by atoms with Gasteiger partial charge in [-0.25, -0.2) is 4.79 Å². The van der Waals surface area contributed by atoms with Crippen molar-refractivity contribution in [2.75, 3.05) is 19.4 Å². The van der Waals surface area contributed by atoms with E-state index in [4.69, 9.17) is 4.74 Å². The van der Waals surface area contributed by atoms with Crippen LogP contribution in [-0.2, 0) is 16.1 Å². The van der Waals surface area contributed by atoms with Crippen LogP contribution in [-0.4, -0.2) is 47.7 Å². The number of hydrogen-bond donors (Lipinski definition) is 2. The number of rotatable bonds is 8. The molecule has 178 valence electrons. The Morgan fingerprint density at radius 2 is 1.84 bits per heavy atom. The van der Waals surface area contributed by atoms with Crippen LogP contribution >= 0.6 is 11.8 Å². The summed E-state index contributed by atoms with van der Waals surface area (Å²) in [6, 6.07) is 8.40. The van der Waals surface area contributed by atoms with E-state index in [1.165, 1.54) is 32.1 Å². The first kappa shape index (κ1) is 24.9. The van der Waals surface area contributed by atoms with Crippen molar-refractivity contribution in [3.8, 4) is 0 Å². The van der Waals surface area contributed by atoms with Crippen LogP contribution in [0.2, 0.25) is 0 Å². The quantitative estimate of drug-likeness (QED) is 0.581. The molecule has 0 aromatic heterocycles. The largest absolute Gasteiger partial charge is 0.380 e. The molecule has 2 fully saturated rings. The summed E-state index contributed by atoms with van der Waals surface area (Å²) in [4.78, 5) is 27.6. The highest BCUT2D eigenvalue weighted by Gasteiger charge is 2.38. The summed E-state index contributed by atoms with van der Waals surface area (Å²) < 4.78 is 5.16. The second-order valence-corrected chi connectivity index (χ2v) is 10.3. The number of thioether (sulfide) groups is 1. The van der Waals surface area contributed by atoms with Gasteiger partial charge in [0.25, 0.3) is 0 Å². The molecule has 1 aromatic carbocycles. The fourth-order valence-electron chi connectivity index (χ4n) is 4.76. The molecule has 0 bridgehead atoms. The van der Waals surface area contributed by atoms with Gasteiger partial charge in [0.1, 0.15) is 0 Å². The van der Waals surface area contributed by atoms with Crippen molar-refractivity contribution in [1.29, 1.82) is 0 Å². The molecule has 3 amide bonds. The lowest BCUT2D eigenvalue weighted by Gasteiger charge is -2.44. The molecular weight excluding hydrogens is 422 g/mol. The number of amides is 3. The Morgan fingerprint density at radius 3 is 2.50 bits per heavy atom. The fourth-order valence-corrected chi connectivity index (χ4v) is 6.02. The molecule has 2 aliphatic rings. The van der Waals surface area contributed by atoms with Crippen LogP contribution in [0.25, 0.3) is 0 Å². The van der Waals surface area contributed by atoms with Gasteiger partial charge in [-0.05, 0) is 30.9 Å². The van der Waals surface area contributed by atoms with Gasteiger partial charge in [0, 0.05) is 25.6 Å². The molecule has 1 saturated heterocycles. The number of nitrogens with one attached hydrogen (secondary N) is 2. The summed E-state index contributed by atoms with van der Waals surface area (Å²) in [7, 11) is 1.68. The van der Waals surface area contributed by atoms with Crippen molar-refractivity contribution in [1.82, 2.24) is 15.5 Å². The predicted octanol–water partition coefficient (Wildman–Crippen LogP) is 4.84. The minimum atomic E-state index is -0.0616. The van der Waals surface area contributed by atoms with E-state index in [2.05, 4.69) is 22.5 Å². The molecule has 1 aromatic rings. The maximum absolute atomic E-state index is 12.8. The Hall–Kier alpha value is -1.73. The number of ether oxygens (including phenoxy) is 1. The Morgan fingerprint density at radius 1 is 1.19 bits per heavy atom. The number of carbonyl (C=O) groups is 2. The van der Waals surface area contributed by atoms with E-state index in [-0.39, 0.29) is 29.4 Å². The lowest BCUT2D eigenvalue weighted by Crippen LogP contribution is -2.59. The lowest BCUT2D eigenvalue weighted by atomic mass is 9.94. The average Bonchev–Trinajstić information content (AvgIpc) is 2.75. The van der Waals surface area contributed by atoms with Crippen molar-refractivity contribution in [3.05, 3.63) is 35.4 Å². The molecule has 0 spiro atoms. The van der Waals surface area contributed by atoms with Crippen LogP contribution < -0.4 is 10.6 Å². The Bertz CT molecular complexity index is 734. The Balaban J connectivity index is 1.57. The first-order chi connectivity index (χ1) is 15.5. The van der Waals surface area contributed by atoms with Crippen molar-refractivity contribution < 1.29 is 14.3 Å². The predicted molar refractivity (Wildman–Crippen MR) is 130 cm³/mol. The minimum Gasteiger partial charge on any atom is -0.380 e. The third kappa shape index (κ3) is 6.88. The van der Waals surface area contributed by atoms with Crippen molar-refractivity contribution in [3.63, 3.8) is 0 Å². The van der Waals surface area contributed by atoms with Crippen LogP contribution in [0.3, 0.4) is 0 Å². The van der Waals surface area contributed by atoms with E-state index < -0.39 is 0 Å². The van der Waals surface area contributed by atoms with Gasteiger partial charge in [-0.2, -0.15) is 0 Å². The maximum Gasteiger partial charge on any atom is 0.318 e. The van der Waals surface area contributed by atoms with Gasteiger partial charge in [-0.3, -0.25) is 4.79 Å². The van der Waals surface area contributed by atoms with E-state index in [1.807, 2.05) is 31.2 Å². The van der Waals surface area contributed by atoms with Crippen LogP contribution in [0.1, 0.15) is 76.0 Å². The number of carbonyl (C=O) groups excluding carboxylic acids is 2. The van der Waals surface area contributed by atoms with Gasteiger partial charge in [-0.15, -0.1) is 11.8 Å².